The number of nitrogens with one attached hydrogen (secondary N) is 14. The van der Waals surface area contributed by atoms with Crippen LogP contribution in [0.2, 0.25) is 0 Å². The van der Waals surface area contributed by atoms with E-state index in [4.69, 9.17) is 11.5 Å². The van der Waals surface area contributed by atoms with Gasteiger partial charge < -0.3 is 106 Å². The highest BCUT2D eigenvalue weighted by molar-refractivity contribution is 6.00. The van der Waals surface area contributed by atoms with Gasteiger partial charge in [-0.2, -0.15) is 0 Å². The molecular formula is C64H97N21O21. The largest absolute Gasteiger partial charge is 0.480 e. The molecule has 584 valence electrons. The van der Waals surface area contributed by atoms with Crippen molar-refractivity contribution in [3.05, 3.63) is 66.3 Å². The first kappa shape index (κ1) is 88.5. The normalized spacial score (nSPS) is 12.3. The minimum atomic E-state index is -1.75. The Kier molecular flexibility index (Phi) is 41.0. The lowest BCUT2D eigenvalue weighted by molar-refractivity contribution is -0.143. The van der Waals surface area contributed by atoms with Crippen LogP contribution in [-0.4, -0.2) is 291 Å². The molecule has 0 bridgehead atoms. The van der Waals surface area contributed by atoms with Crippen LogP contribution >= 0.6 is 0 Å². The van der Waals surface area contributed by atoms with Gasteiger partial charge >= 0.3 is 23.9 Å². The van der Waals surface area contributed by atoms with Crippen molar-refractivity contribution >= 4 is 106 Å². The van der Waals surface area contributed by atoms with E-state index in [0.717, 1.165) is 21.2 Å². The number of carbonyl (C=O) groups is 17. The van der Waals surface area contributed by atoms with Gasteiger partial charge in [0.05, 0.1) is 64.0 Å². The minimum absolute atomic E-state index is 0.0131. The number of hydrogen-bond acceptors (Lipinski definition) is 23. The van der Waals surface area contributed by atoms with Gasteiger partial charge in [-0.25, -0.2) is 9.97 Å². The molecule has 5 atom stereocenters. The lowest BCUT2D eigenvalue weighted by Crippen LogP contribution is -2.59. The van der Waals surface area contributed by atoms with Crippen LogP contribution in [0, 0.1) is 0 Å². The number of amides is 13. The van der Waals surface area contributed by atoms with E-state index in [2.05, 4.69) is 83.7 Å². The van der Waals surface area contributed by atoms with Crippen molar-refractivity contribution in [3.8, 4) is 0 Å². The van der Waals surface area contributed by atoms with E-state index >= 15 is 0 Å². The van der Waals surface area contributed by atoms with Crippen molar-refractivity contribution in [1.82, 2.24) is 98.4 Å². The van der Waals surface area contributed by atoms with Crippen LogP contribution in [-0.2, 0) is 89.6 Å². The van der Waals surface area contributed by atoms with Gasteiger partial charge in [-0.05, 0) is 64.5 Å². The molecule has 0 aliphatic carbocycles. The molecule has 42 heteroatoms. The van der Waals surface area contributed by atoms with Crippen molar-refractivity contribution in [3.63, 3.8) is 0 Å². The third kappa shape index (κ3) is 39.1. The van der Waals surface area contributed by atoms with Crippen LogP contribution in [0.3, 0.4) is 0 Å². The minimum Gasteiger partial charge on any atom is -0.480 e. The molecule has 106 heavy (non-hydrogen) atoms. The Morgan fingerprint density at radius 2 is 0.830 bits per heavy atom. The maximum atomic E-state index is 14.2. The zero-order valence-corrected chi connectivity index (χ0v) is 58.9. The predicted octanol–water partition coefficient (Wildman–Crippen LogP) is -7.28. The molecule has 0 saturated carbocycles. The second-order valence-corrected chi connectivity index (χ2v) is 24.3. The van der Waals surface area contributed by atoms with Crippen LogP contribution in [0.5, 0.6) is 0 Å². The van der Waals surface area contributed by atoms with Gasteiger partial charge in [-0.3, -0.25) is 96.2 Å². The second kappa shape index (κ2) is 49.1. The van der Waals surface area contributed by atoms with E-state index < -0.39 is 165 Å². The highest BCUT2D eigenvalue weighted by atomic mass is 16.4. The van der Waals surface area contributed by atoms with Gasteiger partial charge in [-0.1, -0.05) is 12.1 Å². The number of imidazole rings is 2. The molecule has 13 amide bonds. The molecule has 1 aromatic carbocycles. The van der Waals surface area contributed by atoms with Crippen molar-refractivity contribution in [1.29, 1.82) is 0 Å². The smallest absolute Gasteiger partial charge is 0.317 e. The summed E-state index contributed by atoms with van der Waals surface area (Å²) >= 11 is 0. The van der Waals surface area contributed by atoms with E-state index in [1.54, 1.807) is 18.5 Å². The highest BCUT2D eigenvalue weighted by Gasteiger charge is 2.31. The number of unbranched alkanes of at least 4 members (excludes halogenated alkanes) is 2. The number of nitrogen functional groups attached to an aromatic ring is 1. The molecule has 0 fully saturated rings. The number of benzene rings is 1. The second-order valence-electron chi connectivity index (χ2n) is 24.3. The maximum absolute atomic E-state index is 14.2. The average molecular weight is 1500 g/mol. The third-order valence-electron chi connectivity index (χ3n) is 15.5. The molecule has 22 N–H and O–H groups in total. The quantitative estimate of drug-likeness (QED) is 0.0184. The summed E-state index contributed by atoms with van der Waals surface area (Å²) in [6.45, 7) is -3.10. The third-order valence-corrected chi connectivity index (χ3v) is 15.5. The number of hydrogen-bond donors (Lipinski definition) is 20. The maximum Gasteiger partial charge on any atom is 0.317 e. The number of primary amides is 1. The summed E-state index contributed by atoms with van der Waals surface area (Å²) in [5, 5.41) is 68.0. The van der Waals surface area contributed by atoms with Crippen molar-refractivity contribution in [2.24, 2.45) is 5.73 Å². The first-order valence-corrected chi connectivity index (χ1v) is 33.9. The fourth-order valence-corrected chi connectivity index (χ4v) is 9.79. The summed E-state index contributed by atoms with van der Waals surface area (Å²) in [7, 11) is 0. The van der Waals surface area contributed by atoms with Crippen LogP contribution in [0.15, 0.2) is 49.3 Å². The van der Waals surface area contributed by atoms with E-state index in [1.165, 1.54) is 49.6 Å². The van der Waals surface area contributed by atoms with Gasteiger partial charge in [0.2, 0.25) is 70.9 Å². The molecule has 2 aromatic heterocycles. The Bertz CT molecular complexity index is 3420. The van der Waals surface area contributed by atoms with Gasteiger partial charge in [0.25, 0.3) is 5.91 Å². The molecule has 3 rings (SSSR count). The Morgan fingerprint density at radius 3 is 1.26 bits per heavy atom. The Morgan fingerprint density at radius 1 is 0.434 bits per heavy atom. The zero-order chi connectivity index (χ0) is 78.5. The number of carboxylic acids is 4. The molecule has 0 spiro atoms. The number of aromatic nitrogens is 4. The van der Waals surface area contributed by atoms with E-state index in [1.807, 2.05) is 0 Å². The van der Waals surface area contributed by atoms with E-state index in [-0.39, 0.29) is 133 Å². The summed E-state index contributed by atoms with van der Waals surface area (Å²) < 4.78 is 0. The fraction of sp³-hybridized carbons (Fsp3) is 0.547. The van der Waals surface area contributed by atoms with E-state index in [0.29, 0.717) is 25.9 Å². The zero-order valence-electron chi connectivity index (χ0n) is 58.9. The van der Waals surface area contributed by atoms with Gasteiger partial charge in [-0.15, -0.1) is 0 Å². The number of rotatable bonds is 55. The van der Waals surface area contributed by atoms with E-state index in [9.17, 15) is 102 Å². The summed E-state index contributed by atoms with van der Waals surface area (Å²) in [6.07, 6.45) is 7.18. The average Bonchev–Trinajstić information content (AvgIpc) is 1.10. The van der Waals surface area contributed by atoms with Crippen LogP contribution in [0.25, 0.3) is 0 Å². The Hall–Kier alpha value is -11.7. The first-order valence-electron chi connectivity index (χ1n) is 33.9. The lowest BCUT2D eigenvalue weighted by Gasteiger charge is -2.28. The summed E-state index contributed by atoms with van der Waals surface area (Å²) in [5.41, 5.74) is 13.2. The topological polar surface area (TPSA) is 635 Å². The van der Waals surface area contributed by atoms with Crippen LogP contribution in [0.4, 0.5) is 5.69 Å². The molecule has 0 unspecified atom stereocenters. The number of H-pyrrole nitrogens is 2. The van der Waals surface area contributed by atoms with Gasteiger partial charge in [0.15, 0.2) is 0 Å². The van der Waals surface area contributed by atoms with Gasteiger partial charge in [0, 0.05) is 127 Å². The standard InChI is InChI=1S/C64H97N21O21/c1-39(60(102)81-45(59(66)101)11-5-7-19-69-52(90)30-73-50(88)15-13-48(86)71-21-17-41-27-67-37-76-41)78-63(105)46(12-6-8-20-70-53(91)31-74-51(89)16-14-49(87)72-22-18-42-28-68-38-77-42)82-61(103)40(2)79-64(106)47(29-75-62(104)43-9-3-4-10-44(43)65)80-54(92)32-84(34-56(95)96)25-23-83(33-55(93)94)24-26-85(35-57(97)98)36-58(99)100/h3-4,9-10,27-28,37-40,45-47H,5-8,11-26,29-36,65H2,1-2H3,(H2,66,101)(H,67,76)(H,68,77)(H,69,90)(H,70,91)(H,71,86)(H,72,87)(H,73,88)(H,74,89)(H,75,104)(H,78,105)(H,79,106)(H,80,92)(H,81,102)(H,82,103)(H,93,94)(H,95,96)(H,97,98)(H,99,100)/t39-,40-,45-,46-,47+/m1/s1. The molecule has 0 radical (unpaired) electrons. The Balaban J connectivity index is 1.71. The number of nitrogens with zero attached hydrogens (tertiary/aromatic N) is 5. The lowest BCUT2D eigenvalue weighted by atomic mass is 10.1. The van der Waals surface area contributed by atoms with Crippen molar-refractivity contribution in [2.75, 3.05) is 110 Å². The summed E-state index contributed by atoms with van der Waals surface area (Å²) in [6, 6.07) is -1.71. The number of anilines is 1. The molecule has 0 aliphatic rings. The molecule has 3 aromatic rings. The molecule has 2 heterocycles. The first-order chi connectivity index (χ1) is 50.4. The Labute approximate surface area is 608 Å². The number of nitrogens with two attached hydrogens (primary N) is 2. The van der Waals surface area contributed by atoms with Crippen molar-refractivity contribution in [2.45, 2.75) is 121 Å². The number of carbonyl (C=O) groups excluding carboxylic acids is 13. The number of carboxylic acid groups (broad SMARTS) is 4. The molecule has 0 saturated heterocycles. The molecule has 42 nitrogen and oxygen atoms in total. The van der Waals surface area contributed by atoms with Crippen molar-refractivity contribution < 1.29 is 102 Å². The fourth-order valence-electron chi connectivity index (χ4n) is 9.79. The number of aromatic amines is 2. The summed E-state index contributed by atoms with van der Waals surface area (Å²) in [4.78, 5) is 233. The monoisotopic (exact) mass is 1500 g/mol. The summed E-state index contributed by atoms with van der Waals surface area (Å²) in [5.74, 6) is -15.3. The number of aliphatic carboxylic acids is 4. The van der Waals surface area contributed by atoms with Gasteiger partial charge in [0.1, 0.15) is 30.2 Å². The molecular weight excluding hydrogens is 1400 g/mol. The number of para-hydroxylation sites is 1. The molecule has 0 aliphatic heterocycles. The predicted molar refractivity (Wildman–Crippen MR) is 372 cm³/mol. The SMILES string of the molecule is C[C@@H](NC(=O)[C@H](CNC(=O)c1ccccc1N)NC(=O)CN(CCN(CCN(CC(=O)O)CC(=O)O)CC(=O)O)CC(=O)O)C(=O)N[C@H](CCCCNC(=O)CNC(=O)CCC(=O)NCCc1cnc[nH]1)C(=O)N[C@H](C)C(=O)N[C@H](CCCCNC(=O)CNC(=O)CCC(=O)NCCc1cnc[nH]1)C(N)=O. The van der Waals surface area contributed by atoms with Crippen LogP contribution < -0.4 is 75.3 Å². The highest BCUT2D eigenvalue weighted by Crippen LogP contribution is 2.11. The van der Waals surface area contributed by atoms with Crippen LogP contribution in [0.1, 0.15) is 99.8 Å².